The number of hydrogen-bond acceptors (Lipinski definition) is 16. The molecule has 52 heavy (non-hydrogen) atoms. The standard InChI is InChI=1S/C23H30N12O8S2.C2HF3O2/c1-23(2,20(40)41)43-31-11(15-30-21(26)45-32-15)16(36)29-12-17(37)35-13(19(38)39)9(8-44-18(12)35)6-34-7-10(14(25)33(34)3)28-22(42)27-5-4-24;3-2(4,5)1(6)7/h7,12,18,25H,4-6,8,24H2,1-3H3,(H7,26,27,28,29,30,32,36,38,39,40,41,42);(H,6,7)/b31-11+;/t12-,18-;/m1./s1/i4D2,5D2,24+1,27+1;. The molecule has 4 heterocycles. The number of fused-ring (bicyclic) bond motifs is 1. The number of nitrogens with two attached hydrogens (primary N) is 3. The summed E-state index contributed by atoms with van der Waals surface area (Å²) in [5, 5.41) is 37.5. The Morgan fingerprint density at radius 1 is 1.25 bits per heavy atom. The van der Waals surface area contributed by atoms with Crippen molar-refractivity contribution in [3.8, 4) is 0 Å². The van der Waals surface area contributed by atoms with E-state index in [1.54, 1.807) is 5.32 Å². The van der Waals surface area contributed by atoms with E-state index < -0.39 is 77.7 Å². The third-order valence-corrected chi connectivity index (χ3v) is 8.54. The van der Waals surface area contributed by atoms with Crippen LogP contribution in [0.25, 0.3) is 0 Å². The van der Waals surface area contributed by atoms with Crippen LogP contribution in [0.4, 0.5) is 34.6 Å². The van der Waals surface area contributed by atoms with Gasteiger partial charge in [-0.1, -0.05) is 5.16 Å². The first-order valence-electron chi connectivity index (χ1n) is 15.8. The first-order valence-corrected chi connectivity index (χ1v) is 15.6. The molecule has 1 fully saturated rings. The third-order valence-electron chi connectivity index (χ3n) is 6.65. The SMILES string of the molecule is O=C([O-])C(F)(F)F.[2H]C([2H])([15NH2])C([2H])([2H])[15NH]C(=O)Nc1c[n+](CC2=C(C(=O)O)N3C(=O)[C@@H](NC(=O)/C(=N/OC(C)(C)C(=O)O)c4nsc(N)n4)[C@H]3SC2)n(C)c1N. The van der Waals surface area contributed by atoms with Gasteiger partial charge in [0.25, 0.3) is 11.8 Å². The maximum atomic E-state index is 13.3. The van der Waals surface area contributed by atoms with Crippen molar-refractivity contribution in [3.63, 3.8) is 0 Å². The number of amides is 4. The number of aromatic nitrogens is 4. The van der Waals surface area contributed by atoms with E-state index in [4.69, 9.17) is 37.4 Å². The van der Waals surface area contributed by atoms with Crippen molar-refractivity contribution >= 4 is 81.4 Å². The predicted octanol–water partition coefficient (Wildman–Crippen LogP) is -3.27. The largest absolute Gasteiger partial charge is 0.542 e. The summed E-state index contributed by atoms with van der Waals surface area (Å²) in [6.07, 6.45) is -3.88. The summed E-state index contributed by atoms with van der Waals surface area (Å²) in [4.78, 5) is 81.5. The van der Waals surface area contributed by atoms with Crippen LogP contribution in [0.5, 0.6) is 0 Å². The molecule has 0 aromatic carbocycles. The van der Waals surface area contributed by atoms with Crippen LogP contribution in [-0.4, -0.2) is 113 Å². The highest BCUT2D eigenvalue weighted by Crippen LogP contribution is 2.40. The monoisotopic (exact) mass is 786 g/mol. The van der Waals surface area contributed by atoms with E-state index >= 15 is 0 Å². The number of thioether (sulfide) groups is 1. The lowest BCUT2D eigenvalue weighted by Crippen LogP contribution is -2.71. The Hall–Kier alpha value is -5.70. The Morgan fingerprint density at radius 3 is 2.40 bits per heavy atom. The molecule has 284 valence electrons. The molecule has 0 bridgehead atoms. The minimum atomic E-state index is -5.19. The number of carboxylic acid groups (broad SMARTS) is 3. The van der Waals surface area contributed by atoms with Gasteiger partial charge in [-0.25, -0.2) is 14.4 Å². The van der Waals surface area contributed by atoms with Crippen LogP contribution in [-0.2, 0) is 42.4 Å². The zero-order valence-corrected chi connectivity index (χ0v) is 28.3. The van der Waals surface area contributed by atoms with Gasteiger partial charge in [-0.3, -0.25) is 19.8 Å². The first-order chi connectivity index (χ1) is 25.5. The second kappa shape index (κ2) is 16.1. The molecule has 2 aliphatic heterocycles. The van der Waals surface area contributed by atoms with Gasteiger partial charge in [0.1, 0.15) is 23.1 Å². The number of oxime groups is 1. The van der Waals surface area contributed by atoms with Gasteiger partial charge in [0.15, 0.2) is 23.2 Å². The number of urea groups is 1. The van der Waals surface area contributed by atoms with Crippen LogP contribution < -0.4 is 42.9 Å². The second-order valence-corrected chi connectivity index (χ2v) is 12.5. The van der Waals surface area contributed by atoms with Gasteiger partial charge >= 0.3 is 24.1 Å². The number of anilines is 3. The van der Waals surface area contributed by atoms with Crippen molar-refractivity contribution in [3.05, 3.63) is 23.3 Å². The van der Waals surface area contributed by atoms with Crippen LogP contribution >= 0.6 is 23.3 Å². The summed E-state index contributed by atoms with van der Waals surface area (Å²) in [6.45, 7) is -3.62. The van der Waals surface area contributed by atoms with E-state index in [2.05, 4.69) is 25.1 Å². The van der Waals surface area contributed by atoms with Crippen LogP contribution in [0.15, 0.2) is 22.6 Å². The van der Waals surface area contributed by atoms with Crippen LogP contribution in [0, 0.1) is 0 Å². The topological polar surface area (TPSA) is 340 Å². The minimum Gasteiger partial charge on any atom is -0.542 e. The number of nitrogens with zero attached hydrogens (tertiary/aromatic N) is 6. The zero-order chi connectivity index (χ0) is 42.9. The molecule has 1 saturated heterocycles. The summed E-state index contributed by atoms with van der Waals surface area (Å²) < 4.78 is 68.1. The Morgan fingerprint density at radius 2 is 1.88 bits per heavy atom. The number of carbonyl (C=O) groups is 6. The number of carboxylic acids is 3. The molecule has 4 rings (SSSR count). The molecule has 2 aromatic heterocycles. The maximum absolute atomic E-state index is 13.3. The lowest BCUT2D eigenvalue weighted by molar-refractivity contribution is -0.765. The highest BCUT2D eigenvalue weighted by atomic mass is 32.2. The van der Waals surface area contributed by atoms with E-state index in [9.17, 15) is 47.4 Å². The Labute approximate surface area is 303 Å². The van der Waals surface area contributed by atoms with E-state index in [1.165, 1.54) is 36.5 Å². The number of carbonyl (C=O) groups excluding carboxylic acids is 4. The number of β-lactam (4-membered cyclic amide) rings is 1. The van der Waals surface area contributed by atoms with Crippen LogP contribution in [0.2, 0.25) is 0 Å². The molecule has 0 aliphatic carbocycles. The predicted molar refractivity (Wildman–Crippen MR) is 171 cm³/mol. The number of aliphatic carboxylic acids is 3. The van der Waals surface area contributed by atoms with Gasteiger partial charge in [-0.15, -0.1) is 21.1 Å². The normalized spacial score (nSPS) is 18.9. The van der Waals surface area contributed by atoms with Crippen LogP contribution in [0.1, 0.15) is 25.2 Å². The van der Waals surface area contributed by atoms with E-state index in [0.717, 1.165) is 28.2 Å². The van der Waals surface area contributed by atoms with Gasteiger partial charge in [0, 0.05) is 38.6 Å². The summed E-state index contributed by atoms with van der Waals surface area (Å²) in [6, 6.07) is -2.39. The smallest absolute Gasteiger partial charge is 0.430 e. The third kappa shape index (κ3) is 9.34. The van der Waals surface area contributed by atoms with Crippen molar-refractivity contribution in [1.82, 2.24) is 29.6 Å². The molecule has 2 atom stereocenters. The first kappa shape index (κ1) is 34.7. The number of rotatable bonds is 12. The number of nitrogens with one attached hydrogen (secondary N) is 3. The lowest BCUT2D eigenvalue weighted by Gasteiger charge is -2.49. The van der Waals surface area contributed by atoms with Gasteiger partial charge in [-0.05, 0) is 13.8 Å². The van der Waals surface area contributed by atoms with Crippen LogP contribution in [0.3, 0.4) is 0 Å². The maximum Gasteiger partial charge on any atom is 0.430 e. The molecule has 0 unspecified atom stereocenters. The molecular formula is C25H31F3N12O10S2. The number of alkyl halides is 3. The molecule has 0 spiro atoms. The summed E-state index contributed by atoms with van der Waals surface area (Å²) in [7, 11) is 1.49. The molecule has 22 nitrogen and oxygen atoms in total. The Balaban J connectivity index is 0.00000109. The second-order valence-electron chi connectivity index (χ2n) is 10.6. The van der Waals surface area contributed by atoms with Crippen molar-refractivity contribution < 1.29 is 72.3 Å². The molecule has 27 heteroatoms. The molecule has 4 amide bonds. The molecule has 0 radical (unpaired) electrons. The summed E-state index contributed by atoms with van der Waals surface area (Å²) >= 11 is 1.86. The zero-order valence-electron chi connectivity index (χ0n) is 30.7. The average molecular weight is 787 g/mol. The van der Waals surface area contributed by atoms with Gasteiger partial charge in [0.05, 0.1) is 9.79 Å². The molecule has 0 saturated carbocycles. The molecule has 2 aliphatic rings. The summed E-state index contributed by atoms with van der Waals surface area (Å²) in [5.74, 6) is -7.88. The van der Waals surface area contributed by atoms with E-state index in [0.29, 0.717) is 0 Å². The van der Waals surface area contributed by atoms with Crippen molar-refractivity contribution in [2.75, 3.05) is 35.5 Å². The van der Waals surface area contributed by atoms with Gasteiger partial charge in [-0.2, -0.15) is 22.5 Å². The highest BCUT2D eigenvalue weighted by Gasteiger charge is 2.55. The number of nitrogen functional groups attached to an aromatic ring is 2. The fourth-order valence-electron chi connectivity index (χ4n) is 4.03. The average Bonchev–Trinajstić information content (AvgIpc) is 3.60. The van der Waals surface area contributed by atoms with Gasteiger partial charge < -0.3 is 52.8 Å². The molecule has 11 N–H and O–H groups in total. The Bertz CT molecular complexity index is 2000. The fraction of sp³-hybridized carbons (Fsp3) is 0.440. The number of hydrogen-bond donors (Lipinski definition) is 8. The number of halogens is 3. The highest BCUT2D eigenvalue weighted by molar-refractivity contribution is 8.00. The van der Waals surface area contributed by atoms with E-state index in [-0.39, 0.29) is 46.0 Å². The van der Waals surface area contributed by atoms with Gasteiger partial charge in [0.2, 0.25) is 23.3 Å². The molecule has 2 aromatic rings. The Kier molecular flexibility index (Phi) is 10.8. The fourth-order valence-corrected chi connectivity index (χ4v) is 5.80. The van der Waals surface area contributed by atoms with Crippen molar-refractivity contribution in [2.45, 2.75) is 43.6 Å². The van der Waals surface area contributed by atoms with E-state index in [1.807, 2.05) is 0 Å². The van der Waals surface area contributed by atoms with Crippen molar-refractivity contribution in [1.29, 1.82) is 0 Å². The van der Waals surface area contributed by atoms with Crippen molar-refractivity contribution in [2.24, 2.45) is 17.9 Å². The minimum absolute atomic E-state index is 0.0282. The lowest BCUT2D eigenvalue weighted by atomic mass is 10.0. The molecular weight excluding hydrogens is 751 g/mol. The summed E-state index contributed by atoms with van der Waals surface area (Å²) in [5.41, 5.74) is 14.3. The quantitative estimate of drug-likeness (QED) is 0.0344.